The van der Waals surface area contributed by atoms with E-state index in [-0.39, 0.29) is 18.2 Å². The molecule has 0 aliphatic carbocycles. The van der Waals surface area contributed by atoms with Crippen LogP contribution >= 0.6 is 22.6 Å². The standard InChI is InChI=1S/C19H25IN2O4/c1-3-4-5-10-26-17(23)12-16-18(24)21-8-9-22(16)19(25)14-7-6-13(2)15(20)11-14/h6-7,11,16H,3-5,8-10,12H2,1-2H3,(H,21,24). The van der Waals surface area contributed by atoms with Crippen LogP contribution in [-0.2, 0) is 14.3 Å². The van der Waals surface area contributed by atoms with E-state index in [0.717, 1.165) is 28.4 Å². The normalized spacial score (nSPS) is 17.0. The molecule has 6 nitrogen and oxygen atoms in total. The first kappa shape index (κ1) is 20.7. The second kappa shape index (κ2) is 9.89. The highest BCUT2D eigenvalue weighted by atomic mass is 127. The maximum absolute atomic E-state index is 12.9. The van der Waals surface area contributed by atoms with Crippen LogP contribution in [-0.4, -0.2) is 48.4 Å². The van der Waals surface area contributed by atoms with Crippen molar-refractivity contribution in [3.05, 3.63) is 32.9 Å². The quantitative estimate of drug-likeness (QED) is 0.376. The zero-order valence-corrected chi connectivity index (χ0v) is 17.4. The molecule has 2 amide bonds. The fourth-order valence-corrected chi connectivity index (χ4v) is 3.32. The SMILES string of the molecule is CCCCCOC(=O)CC1C(=O)NCCN1C(=O)c1ccc(C)c(I)c1. The molecule has 1 unspecified atom stereocenters. The van der Waals surface area contributed by atoms with Gasteiger partial charge in [0, 0.05) is 22.2 Å². The zero-order chi connectivity index (χ0) is 19.1. The van der Waals surface area contributed by atoms with Crippen molar-refractivity contribution in [1.29, 1.82) is 0 Å². The third-order valence-corrected chi connectivity index (χ3v) is 5.54. The van der Waals surface area contributed by atoms with Crippen molar-refractivity contribution in [2.45, 2.75) is 45.6 Å². The number of ether oxygens (including phenoxy) is 1. The number of carbonyl (C=O) groups is 3. The topological polar surface area (TPSA) is 75.7 Å². The number of unbranched alkanes of at least 4 members (excludes halogenated alkanes) is 2. The minimum Gasteiger partial charge on any atom is -0.466 e. The minimum absolute atomic E-state index is 0.118. The molecule has 142 valence electrons. The number of hydrogen-bond donors (Lipinski definition) is 1. The highest BCUT2D eigenvalue weighted by molar-refractivity contribution is 14.1. The summed E-state index contributed by atoms with van der Waals surface area (Å²) < 4.78 is 6.19. The Bertz CT molecular complexity index is 678. The van der Waals surface area contributed by atoms with E-state index < -0.39 is 12.0 Å². The molecule has 0 aromatic heterocycles. The molecule has 1 aromatic carbocycles. The molecule has 1 N–H and O–H groups in total. The Labute approximate surface area is 167 Å². The van der Waals surface area contributed by atoms with Gasteiger partial charge in [0.05, 0.1) is 13.0 Å². The molecule has 0 bridgehead atoms. The molecule has 1 heterocycles. The van der Waals surface area contributed by atoms with Crippen molar-refractivity contribution in [2.24, 2.45) is 0 Å². The summed E-state index contributed by atoms with van der Waals surface area (Å²) in [5.41, 5.74) is 1.61. The summed E-state index contributed by atoms with van der Waals surface area (Å²) in [4.78, 5) is 38.7. The van der Waals surface area contributed by atoms with Gasteiger partial charge >= 0.3 is 5.97 Å². The summed E-state index contributed by atoms with van der Waals surface area (Å²) in [6.07, 6.45) is 2.73. The highest BCUT2D eigenvalue weighted by Crippen LogP contribution is 2.18. The van der Waals surface area contributed by atoms with Crippen LogP contribution in [0.1, 0.15) is 48.5 Å². The van der Waals surface area contributed by atoms with Gasteiger partial charge in [-0.1, -0.05) is 25.8 Å². The predicted molar refractivity (Wildman–Crippen MR) is 107 cm³/mol. The van der Waals surface area contributed by atoms with Gasteiger partial charge in [0.15, 0.2) is 0 Å². The summed E-state index contributed by atoms with van der Waals surface area (Å²) in [5.74, 6) is -0.988. The van der Waals surface area contributed by atoms with Gasteiger partial charge in [0.25, 0.3) is 5.91 Å². The fraction of sp³-hybridized carbons (Fsp3) is 0.526. The van der Waals surface area contributed by atoms with E-state index in [4.69, 9.17) is 4.74 Å². The Morgan fingerprint density at radius 3 is 2.81 bits per heavy atom. The Balaban J connectivity index is 2.06. The van der Waals surface area contributed by atoms with Crippen molar-refractivity contribution in [2.75, 3.05) is 19.7 Å². The second-order valence-corrected chi connectivity index (χ2v) is 7.56. The van der Waals surface area contributed by atoms with Gasteiger partial charge in [-0.05, 0) is 53.6 Å². The Morgan fingerprint density at radius 2 is 2.12 bits per heavy atom. The zero-order valence-electron chi connectivity index (χ0n) is 15.2. The van der Waals surface area contributed by atoms with E-state index in [2.05, 4.69) is 34.8 Å². The lowest BCUT2D eigenvalue weighted by Gasteiger charge is -2.34. The van der Waals surface area contributed by atoms with E-state index in [9.17, 15) is 14.4 Å². The number of aryl methyl sites for hydroxylation is 1. The lowest BCUT2D eigenvalue weighted by molar-refractivity contribution is -0.147. The summed E-state index contributed by atoms with van der Waals surface area (Å²) in [6.45, 7) is 5.16. The van der Waals surface area contributed by atoms with Gasteiger partial charge in [-0.3, -0.25) is 14.4 Å². The van der Waals surface area contributed by atoms with Gasteiger partial charge in [0.1, 0.15) is 6.04 Å². The van der Waals surface area contributed by atoms with Crippen LogP contribution in [0.5, 0.6) is 0 Å². The molecule has 2 rings (SSSR count). The third-order valence-electron chi connectivity index (χ3n) is 4.38. The molecular weight excluding hydrogens is 447 g/mol. The number of piperazine rings is 1. The lowest BCUT2D eigenvalue weighted by Crippen LogP contribution is -2.57. The van der Waals surface area contributed by atoms with E-state index in [1.54, 1.807) is 6.07 Å². The molecule has 1 aliphatic rings. The van der Waals surface area contributed by atoms with Crippen LogP contribution in [0.4, 0.5) is 0 Å². The monoisotopic (exact) mass is 472 g/mol. The minimum atomic E-state index is -0.825. The molecule has 0 saturated carbocycles. The number of nitrogens with zero attached hydrogens (tertiary/aromatic N) is 1. The average molecular weight is 472 g/mol. The number of esters is 1. The first-order valence-corrected chi connectivity index (χ1v) is 10.0. The predicted octanol–water partition coefficient (Wildman–Crippen LogP) is 2.66. The molecule has 26 heavy (non-hydrogen) atoms. The second-order valence-electron chi connectivity index (χ2n) is 6.40. The van der Waals surface area contributed by atoms with Gasteiger partial charge in [-0.25, -0.2) is 0 Å². The number of benzene rings is 1. The summed E-state index contributed by atoms with van der Waals surface area (Å²) >= 11 is 2.18. The summed E-state index contributed by atoms with van der Waals surface area (Å²) in [5, 5.41) is 2.73. The first-order valence-electron chi connectivity index (χ1n) is 8.94. The van der Waals surface area contributed by atoms with Crippen LogP contribution in [0.3, 0.4) is 0 Å². The van der Waals surface area contributed by atoms with Crippen molar-refractivity contribution in [1.82, 2.24) is 10.2 Å². The molecule has 1 aromatic rings. The molecule has 1 saturated heterocycles. The molecule has 0 spiro atoms. The number of amides is 2. The van der Waals surface area contributed by atoms with Crippen molar-refractivity contribution < 1.29 is 19.1 Å². The molecule has 0 radical (unpaired) electrons. The maximum Gasteiger partial charge on any atom is 0.308 e. The Hall–Kier alpha value is -1.64. The van der Waals surface area contributed by atoms with Crippen LogP contribution in [0.15, 0.2) is 18.2 Å². The average Bonchev–Trinajstić information content (AvgIpc) is 2.62. The number of rotatable bonds is 7. The van der Waals surface area contributed by atoms with Gasteiger partial charge < -0.3 is 15.0 Å². The summed E-state index contributed by atoms with van der Waals surface area (Å²) in [6, 6.07) is 4.63. The molecule has 1 aliphatic heterocycles. The maximum atomic E-state index is 12.9. The summed E-state index contributed by atoms with van der Waals surface area (Å²) in [7, 11) is 0. The van der Waals surface area contributed by atoms with E-state index in [1.165, 1.54) is 4.90 Å². The van der Waals surface area contributed by atoms with E-state index in [0.29, 0.717) is 25.3 Å². The largest absolute Gasteiger partial charge is 0.466 e. The van der Waals surface area contributed by atoms with Gasteiger partial charge in [-0.15, -0.1) is 0 Å². The lowest BCUT2D eigenvalue weighted by atomic mass is 10.1. The Kier molecular flexibility index (Phi) is 7.86. The van der Waals surface area contributed by atoms with Crippen LogP contribution < -0.4 is 5.32 Å². The Morgan fingerprint density at radius 1 is 1.35 bits per heavy atom. The fourth-order valence-electron chi connectivity index (χ4n) is 2.81. The van der Waals surface area contributed by atoms with Crippen molar-refractivity contribution in [3.8, 4) is 0 Å². The number of carbonyl (C=O) groups excluding carboxylic acids is 3. The smallest absolute Gasteiger partial charge is 0.308 e. The molecular formula is C19H25IN2O4. The first-order chi connectivity index (χ1) is 12.4. The number of halogens is 1. The molecule has 1 fully saturated rings. The number of hydrogen-bond acceptors (Lipinski definition) is 4. The van der Waals surface area contributed by atoms with Crippen LogP contribution in [0.2, 0.25) is 0 Å². The number of nitrogens with one attached hydrogen (secondary N) is 1. The molecule has 1 atom stereocenters. The highest BCUT2D eigenvalue weighted by Gasteiger charge is 2.35. The van der Waals surface area contributed by atoms with E-state index in [1.807, 2.05) is 19.1 Å². The molecule has 7 heteroatoms. The van der Waals surface area contributed by atoms with Crippen LogP contribution in [0, 0.1) is 10.5 Å². The van der Waals surface area contributed by atoms with Crippen LogP contribution in [0.25, 0.3) is 0 Å². The third kappa shape index (κ3) is 5.43. The van der Waals surface area contributed by atoms with Crippen molar-refractivity contribution >= 4 is 40.4 Å². The van der Waals surface area contributed by atoms with Gasteiger partial charge in [-0.2, -0.15) is 0 Å². The van der Waals surface area contributed by atoms with E-state index >= 15 is 0 Å². The van der Waals surface area contributed by atoms with Gasteiger partial charge in [0.2, 0.25) is 5.91 Å². The van der Waals surface area contributed by atoms with Crippen molar-refractivity contribution in [3.63, 3.8) is 0 Å².